The van der Waals surface area contributed by atoms with Crippen LogP contribution >= 0.6 is 11.3 Å². The Labute approximate surface area is 184 Å². The standard InChI is InChI=1S/C22H25N5O3S/c23-21(29)17-7-3-11-27(17)14-15-5-1-6-16(13-15)24-19(28)9-2-10-20-25-22(26-30-20)18-8-4-12-31-18/h1,4-6,8,12-13,17H,2-3,7,9-11,14H2,(H2,23,29)(H,24,28). The van der Waals surface area contributed by atoms with Crippen LogP contribution in [0.25, 0.3) is 10.7 Å². The van der Waals surface area contributed by atoms with Gasteiger partial charge in [0.15, 0.2) is 0 Å². The second-order valence-corrected chi connectivity index (χ2v) is 8.57. The van der Waals surface area contributed by atoms with E-state index in [1.807, 2.05) is 41.8 Å². The van der Waals surface area contributed by atoms with Crippen molar-refractivity contribution in [1.82, 2.24) is 15.0 Å². The van der Waals surface area contributed by atoms with E-state index in [0.29, 0.717) is 37.5 Å². The summed E-state index contributed by atoms with van der Waals surface area (Å²) < 4.78 is 5.27. The maximum Gasteiger partial charge on any atom is 0.234 e. The van der Waals surface area contributed by atoms with Gasteiger partial charge in [-0.05, 0) is 54.9 Å². The number of carbonyl (C=O) groups is 2. The third-order valence-electron chi connectivity index (χ3n) is 5.29. The van der Waals surface area contributed by atoms with Crippen molar-refractivity contribution < 1.29 is 14.1 Å². The zero-order chi connectivity index (χ0) is 21.6. The fourth-order valence-corrected chi connectivity index (χ4v) is 4.45. The van der Waals surface area contributed by atoms with Crippen LogP contribution in [0, 0.1) is 0 Å². The lowest BCUT2D eigenvalue weighted by atomic mass is 10.1. The quantitative estimate of drug-likeness (QED) is 0.529. The monoisotopic (exact) mass is 439 g/mol. The van der Waals surface area contributed by atoms with Gasteiger partial charge >= 0.3 is 0 Å². The van der Waals surface area contributed by atoms with Gasteiger partial charge in [-0.2, -0.15) is 4.98 Å². The number of amides is 2. The molecule has 0 spiro atoms. The Morgan fingerprint density at radius 2 is 2.19 bits per heavy atom. The molecule has 2 aromatic heterocycles. The first kappa shape index (κ1) is 21.2. The second kappa shape index (κ2) is 9.84. The first-order chi connectivity index (χ1) is 15.1. The number of rotatable bonds is 9. The third kappa shape index (κ3) is 5.56. The van der Waals surface area contributed by atoms with Crippen LogP contribution in [0.1, 0.15) is 37.1 Å². The average molecular weight is 440 g/mol. The zero-order valence-corrected chi connectivity index (χ0v) is 17.9. The number of thiophene rings is 1. The van der Waals surface area contributed by atoms with Gasteiger partial charge in [0.1, 0.15) is 0 Å². The molecule has 1 aromatic carbocycles. The number of nitrogens with zero attached hydrogens (tertiary/aromatic N) is 3. The van der Waals surface area contributed by atoms with Gasteiger partial charge < -0.3 is 15.6 Å². The molecule has 162 valence electrons. The van der Waals surface area contributed by atoms with Crippen LogP contribution in [0.15, 0.2) is 46.3 Å². The first-order valence-electron chi connectivity index (χ1n) is 10.4. The highest BCUT2D eigenvalue weighted by Crippen LogP contribution is 2.23. The summed E-state index contributed by atoms with van der Waals surface area (Å²) >= 11 is 1.56. The molecule has 8 nitrogen and oxygen atoms in total. The molecule has 1 aliphatic rings. The molecule has 4 rings (SSSR count). The zero-order valence-electron chi connectivity index (χ0n) is 17.1. The number of anilines is 1. The summed E-state index contributed by atoms with van der Waals surface area (Å²) in [4.78, 5) is 31.4. The number of benzene rings is 1. The highest BCUT2D eigenvalue weighted by molar-refractivity contribution is 7.13. The van der Waals surface area contributed by atoms with E-state index < -0.39 is 0 Å². The van der Waals surface area contributed by atoms with E-state index in [4.69, 9.17) is 10.3 Å². The molecule has 3 heterocycles. The van der Waals surface area contributed by atoms with Gasteiger partial charge in [-0.25, -0.2) is 0 Å². The molecule has 2 amide bonds. The predicted octanol–water partition coefficient (Wildman–Crippen LogP) is 3.21. The molecule has 1 atom stereocenters. The van der Waals surface area contributed by atoms with Crippen LogP contribution in [0.2, 0.25) is 0 Å². The van der Waals surface area contributed by atoms with Gasteiger partial charge in [-0.15, -0.1) is 11.3 Å². The molecule has 1 saturated heterocycles. The lowest BCUT2D eigenvalue weighted by molar-refractivity contribution is -0.122. The molecular weight excluding hydrogens is 414 g/mol. The number of likely N-dealkylation sites (tertiary alicyclic amines) is 1. The maximum absolute atomic E-state index is 12.3. The summed E-state index contributed by atoms with van der Waals surface area (Å²) in [5.74, 6) is 0.785. The molecule has 0 saturated carbocycles. The summed E-state index contributed by atoms with van der Waals surface area (Å²) in [6.07, 6.45) is 3.30. The Balaban J connectivity index is 1.25. The number of hydrogen-bond donors (Lipinski definition) is 2. The van der Waals surface area contributed by atoms with Gasteiger partial charge in [0.05, 0.1) is 10.9 Å². The van der Waals surface area contributed by atoms with Crippen molar-refractivity contribution in [1.29, 1.82) is 0 Å². The SMILES string of the molecule is NC(=O)C1CCCN1Cc1cccc(NC(=O)CCCc2nc(-c3cccs3)no2)c1. The molecule has 1 aliphatic heterocycles. The van der Waals surface area contributed by atoms with Crippen LogP contribution < -0.4 is 11.1 Å². The van der Waals surface area contributed by atoms with Crippen LogP contribution in [-0.4, -0.2) is 39.4 Å². The van der Waals surface area contributed by atoms with E-state index in [2.05, 4.69) is 20.4 Å². The molecule has 1 unspecified atom stereocenters. The topological polar surface area (TPSA) is 114 Å². The van der Waals surface area contributed by atoms with Crippen LogP contribution in [0.3, 0.4) is 0 Å². The lowest BCUT2D eigenvalue weighted by Gasteiger charge is -2.22. The highest BCUT2D eigenvalue weighted by atomic mass is 32.1. The number of aryl methyl sites for hydroxylation is 1. The van der Waals surface area contributed by atoms with Gasteiger partial charge in [0.2, 0.25) is 23.5 Å². The minimum atomic E-state index is -0.272. The van der Waals surface area contributed by atoms with Crippen molar-refractivity contribution in [2.24, 2.45) is 5.73 Å². The largest absolute Gasteiger partial charge is 0.368 e. The van der Waals surface area contributed by atoms with E-state index in [9.17, 15) is 9.59 Å². The smallest absolute Gasteiger partial charge is 0.234 e. The molecule has 3 aromatic rings. The Morgan fingerprint density at radius 1 is 1.29 bits per heavy atom. The third-order valence-corrected chi connectivity index (χ3v) is 6.16. The lowest BCUT2D eigenvalue weighted by Crippen LogP contribution is -2.39. The minimum absolute atomic E-state index is 0.0636. The van der Waals surface area contributed by atoms with Gasteiger partial charge in [-0.3, -0.25) is 14.5 Å². The highest BCUT2D eigenvalue weighted by Gasteiger charge is 2.28. The van der Waals surface area contributed by atoms with E-state index >= 15 is 0 Å². The van der Waals surface area contributed by atoms with Crippen LogP contribution in [-0.2, 0) is 22.6 Å². The molecule has 1 fully saturated rings. The van der Waals surface area contributed by atoms with E-state index in [1.165, 1.54) is 0 Å². The van der Waals surface area contributed by atoms with E-state index in [1.54, 1.807) is 11.3 Å². The van der Waals surface area contributed by atoms with Crippen molar-refractivity contribution in [3.8, 4) is 10.7 Å². The normalized spacial score (nSPS) is 16.5. The van der Waals surface area contributed by atoms with Gasteiger partial charge in [0, 0.05) is 25.1 Å². The van der Waals surface area contributed by atoms with Gasteiger partial charge in [0.25, 0.3) is 0 Å². The summed E-state index contributed by atoms with van der Waals surface area (Å²) in [5, 5.41) is 8.89. The van der Waals surface area contributed by atoms with Crippen molar-refractivity contribution in [2.75, 3.05) is 11.9 Å². The number of primary amides is 1. The first-order valence-corrected chi connectivity index (χ1v) is 11.2. The fourth-order valence-electron chi connectivity index (χ4n) is 3.81. The van der Waals surface area contributed by atoms with Crippen molar-refractivity contribution in [2.45, 2.75) is 44.7 Å². The Hall–Kier alpha value is -3.04. The van der Waals surface area contributed by atoms with E-state index in [-0.39, 0.29) is 17.9 Å². The Bertz CT molecular complexity index is 1030. The number of aromatic nitrogens is 2. The number of nitrogens with one attached hydrogen (secondary N) is 1. The maximum atomic E-state index is 12.3. The molecule has 0 radical (unpaired) electrons. The van der Waals surface area contributed by atoms with Crippen molar-refractivity contribution >= 4 is 28.8 Å². The summed E-state index contributed by atoms with van der Waals surface area (Å²) in [6.45, 7) is 1.50. The molecule has 9 heteroatoms. The summed E-state index contributed by atoms with van der Waals surface area (Å²) in [7, 11) is 0. The Morgan fingerprint density at radius 3 is 3.00 bits per heavy atom. The fraction of sp³-hybridized carbons (Fsp3) is 0.364. The molecule has 0 aliphatic carbocycles. The van der Waals surface area contributed by atoms with Gasteiger partial charge in [-0.1, -0.05) is 23.4 Å². The number of nitrogens with two attached hydrogens (primary N) is 1. The molecular formula is C22H25N5O3S. The predicted molar refractivity (Wildman–Crippen MR) is 118 cm³/mol. The van der Waals surface area contributed by atoms with Crippen molar-refractivity contribution in [3.63, 3.8) is 0 Å². The molecule has 31 heavy (non-hydrogen) atoms. The van der Waals surface area contributed by atoms with Crippen LogP contribution in [0.4, 0.5) is 5.69 Å². The van der Waals surface area contributed by atoms with Crippen molar-refractivity contribution in [3.05, 3.63) is 53.2 Å². The number of hydrogen-bond acceptors (Lipinski definition) is 7. The van der Waals surface area contributed by atoms with Crippen LogP contribution in [0.5, 0.6) is 0 Å². The Kier molecular flexibility index (Phi) is 6.73. The summed E-state index contributed by atoms with van der Waals surface area (Å²) in [5.41, 5.74) is 7.29. The minimum Gasteiger partial charge on any atom is -0.368 e. The number of carbonyl (C=O) groups excluding carboxylic acids is 2. The summed E-state index contributed by atoms with van der Waals surface area (Å²) in [6, 6.07) is 11.4. The molecule has 3 N–H and O–H groups in total. The average Bonchev–Trinajstić information content (AvgIpc) is 3.50. The van der Waals surface area contributed by atoms with E-state index in [0.717, 1.165) is 35.5 Å². The second-order valence-electron chi connectivity index (χ2n) is 7.62. The molecule has 0 bridgehead atoms.